The molecule has 0 saturated heterocycles. The lowest BCUT2D eigenvalue weighted by Crippen LogP contribution is -2.30. The number of ketones is 1. The second-order valence-electron chi connectivity index (χ2n) is 7.35. The topological polar surface area (TPSA) is 17.1 Å². The van der Waals surface area contributed by atoms with Gasteiger partial charge >= 0.3 is 0 Å². The first-order valence-corrected chi connectivity index (χ1v) is 9.79. The van der Waals surface area contributed by atoms with E-state index in [9.17, 15) is 4.79 Å². The Bertz CT molecular complexity index is 1070. The summed E-state index contributed by atoms with van der Waals surface area (Å²) < 4.78 is 0. The molecule has 132 valence electrons. The Morgan fingerprint density at radius 2 is 1.48 bits per heavy atom. The zero-order valence-corrected chi connectivity index (χ0v) is 15.7. The number of hydrogen-bond acceptors (Lipinski definition) is 1. The predicted octanol–water partition coefficient (Wildman–Crippen LogP) is 6.30. The Kier molecular flexibility index (Phi) is 3.80. The highest BCUT2D eigenvalue weighted by Crippen LogP contribution is 2.58. The minimum Gasteiger partial charge on any atom is -0.298 e. The van der Waals surface area contributed by atoms with Crippen molar-refractivity contribution in [3.63, 3.8) is 0 Å². The molecule has 1 saturated carbocycles. The van der Waals surface area contributed by atoms with Gasteiger partial charge in [0.15, 0.2) is 0 Å². The van der Waals surface area contributed by atoms with Gasteiger partial charge in [-0.25, -0.2) is 0 Å². The van der Waals surface area contributed by atoms with E-state index in [1.807, 2.05) is 36.4 Å². The fourth-order valence-corrected chi connectivity index (χ4v) is 5.07. The van der Waals surface area contributed by atoms with Gasteiger partial charge in [-0.2, -0.15) is 0 Å². The molecule has 0 heterocycles. The van der Waals surface area contributed by atoms with Crippen molar-refractivity contribution in [1.29, 1.82) is 0 Å². The maximum Gasteiger partial charge on any atom is 0.147 e. The van der Waals surface area contributed by atoms with Crippen LogP contribution in [0.1, 0.15) is 41.5 Å². The molecule has 3 aromatic carbocycles. The minimum atomic E-state index is -0.549. The SMILES string of the molecule is O=C1CCC[C@@]12C(c1ccccc1)=C(c1ccccc1)c1cc(Cl)ccc12. The van der Waals surface area contributed by atoms with Crippen LogP contribution >= 0.6 is 11.6 Å². The number of allylic oxidation sites excluding steroid dienone is 1. The summed E-state index contributed by atoms with van der Waals surface area (Å²) in [6.07, 6.45) is 2.43. The van der Waals surface area contributed by atoms with E-state index in [0.29, 0.717) is 17.2 Å². The van der Waals surface area contributed by atoms with Gasteiger partial charge in [0.05, 0.1) is 5.41 Å². The van der Waals surface area contributed by atoms with Crippen molar-refractivity contribution in [3.05, 3.63) is 106 Å². The van der Waals surface area contributed by atoms with E-state index in [1.165, 1.54) is 0 Å². The highest BCUT2D eigenvalue weighted by atomic mass is 35.5. The lowest BCUT2D eigenvalue weighted by Gasteiger charge is -2.28. The number of rotatable bonds is 2. The Balaban J connectivity index is 1.93. The molecule has 1 fully saturated rings. The van der Waals surface area contributed by atoms with Crippen molar-refractivity contribution in [2.24, 2.45) is 0 Å². The van der Waals surface area contributed by atoms with Crippen LogP contribution in [0.2, 0.25) is 5.02 Å². The molecular weight excluding hydrogens is 352 g/mol. The van der Waals surface area contributed by atoms with Crippen LogP contribution in [-0.4, -0.2) is 5.78 Å². The van der Waals surface area contributed by atoms with Gasteiger partial charge in [-0.15, -0.1) is 0 Å². The molecule has 0 aromatic heterocycles. The molecule has 5 rings (SSSR count). The van der Waals surface area contributed by atoms with Crippen molar-refractivity contribution in [2.75, 3.05) is 0 Å². The highest BCUT2D eigenvalue weighted by Gasteiger charge is 2.53. The molecule has 3 aromatic rings. The fourth-order valence-electron chi connectivity index (χ4n) is 4.89. The van der Waals surface area contributed by atoms with Crippen molar-refractivity contribution >= 4 is 28.5 Å². The van der Waals surface area contributed by atoms with Crippen LogP contribution < -0.4 is 0 Å². The van der Waals surface area contributed by atoms with E-state index in [0.717, 1.165) is 46.2 Å². The van der Waals surface area contributed by atoms with E-state index in [4.69, 9.17) is 11.6 Å². The van der Waals surface area contributed by atoms with Gasteiger partial charge in [-0.05, 0) is 58.4 Å². The van der Waals surface area contributed by atoms with E-state index >= 15 is 0 Å². The third-order valence-electron chi connectivity index (χ3n) is 5.94. The number of benzene rings is 3. The first-order valence-electron chi connectivity index (χ1n) is 9.41. The van der Waals surface area contributed by atoms with Gasteiger partial charge in [-0.1, -0.05) is 78.3 Å². The molecule has 2 aliphatic carbocycles. The maximum absolute atomic E-state index is 13.3. The van der Waals surface area contributed by atoms with Gasteiger partial charge in [0.1, 0.15) is 5.78 Å². The average molecular weight is 371 g/mol. The van der Waals surface area contributed by atoms with E-state index in [-0.39, 0.29) is 0 Å². The molecule has 0 aliphatic heterocycles. The third-order valence-corrected chi connectivity index (χ3v) is 6.18. The second-order valence-corrected chi connectivity index (χ2v) is 7.79. The standard InChI is InChI=1S/C25H19ClO/c26-19-13-14-21-20(16-19)23(17-8-3-1-4-9-17)24(18-10-5-2-6-11-18)25(21)15-7-12-22(25)27/h1-6,8-11,13-14,16H,7,12,15H2/t25-/m0/s1. The molecule has 1 nitrogen and oxygen atoms in total. The van der Waals surface area contributed by atoms with Crippen LogP contribution in [0.15, 0.2) is 78.9 Å². The second kappa shape index (κ2) is 6.21. The molecule has 1 spiro atoms. The van der Waals surface area contributed by atoms with Crippen LogP contribution in [0, 0.1) is 0 Å². The first-order chi connectivity index (χ1) is 13.2. The van der Waals surface area contributed by atoms with Gasteiger partial charge in [0, 0.05) is 11.4 Å². The van der Waals surface area contributed by atoms with Crippen LogP contribution in [0.4, 0.5) is 0 Å². The largest absolute Gasteiger partial charge is 0.298 e. The Hall–Kier alpha value is -2.64. The number of fused-ring (bicyclic) bond motifs is 2. The van der Waals surface area contributed by atoms with E-state index in [1.54, 1.807) is 0 Å². The van der Waals surface area contributed by atoms with Crippen molar-refractivity contribution < 1.29 is 4.79 Å². The van der Waals surface area contributed by atoms with Gasteiger partial charge < -0.3 is 0 Å². The first kappa shape index (κ1) is 16.5. The average Bonchev–Trinajstić information content (AvgIpc) is 3.22. The molecule has 2 heteroatoms. The van der Waals surface area contributed by atoms with Crippen LogP contribution in [0.25, 0.3) is 11.1 Å². The Morgan fingerprint density at radius 1 is 0.815 bits per heavy atom. The summed E-state index contributed by atoms with van der Waals surface area (Å²) >= 11 is 6.39. The third kappa shape index (κ3) is 2.35. The number of carbonyl (C=O) groups is 1. The van der Waals surface area contributed by atoms with E-state index < -0.39 is 5.41 Å². The van der Waals surface area contributed by atoms with Crippen molar-refractivity contribution in [3.8, 4) is 0 Å². The minimum absolute atomic E-state index is 0.329. The summed E-state index contributed by atoms with van der Waals surface area (Å²) in [5, 5.41) is 0.706. The molecule has 0 radical (unpaired) electrons. The number of carbonyl (C=O) groups excluding carboxylic acids is 1. The molecule has 27 heavy (non-hydrogen) atoms. The van der Waals surface area contributed by atoms with E-state index in [2.05, 4.69) is 42.5 Å². The molecule has 2 aliphatic rings. The van der Waals surface area contributed by atoms with Gasteiger partial charge in [-0.3, -0.25) is 4.79 Å². The summed E-state index contributed by atoms with van der Waals surface area (Å²) in [4.78, 5) is 13.3. The quantitative estimate of drug-likeness (QED) is 0.517. The highest BCUT2D eigenvalue weighted by molar-refractivity contribution is 6.31. The van der Waals surface area contributed by atoms with Crippen molar-refractivity contribution in [1.82, 2.24) is 0 Å². The lowest BCUT2D eigenvalue weighted by atomic mass is 9.72. The van der Waals surface area contributed by atoms with Crippen LogP contribution in [0.5, 0.6) is 0 Å². The Morgan fingerprint density at radius 3 is 2.11 bits per heavy atom. The van der Waals surface area contributed by atoms with Crippen molar-refractivity contribution in [2.45, 2.75) is 24.7 Å². The Labute approximate surface area is 164 Å². The normalized spacial score (nSPS) is 21.1. The number of hydrogen-bond donors (Lipinski definition) is 0. The summed E-state index contributed by atoms with van der Waals surface area (Å²) in [5.74, 6) is 0.329. The molecule has 0 bridgehead atoms. The molecule has 0 amide bonds. The summed E-state index contributed by atoms with van der Waals surface area (Å²) in [6.45, 7) is 0. The smallest absolute Gasteiger partial charge is 0.147 e. The molecule has 0 unspecified atom stereocenters. The summed E-state index contributed by atoms with van der Waals surface area (Å²) in [7, 11) is 0. The van der Waals surface area contributed by atoms with Crippen LogP contribution in [0.3, 0.4) is 0 Å². The predicted molar refractivity (Wildman–Crippen MR) is 111 cm³/mol. The zero-order chi connectivity index (χ0) is 18.4. The fraction of sp³-hybridized carbons (Fsp3) is 0.160. The van der Waals surface area contributed by atoms with Gasteiger partial charge in [0.25, 0.3) is 0 Å². The number of Topliss-reactive ketones (excluding diaryl/α,β-unsaturated/α-hetero) is 1. The monoisotopic (exact) mass is 370 g/mol. The molecule has 1 atom stereocenters. The lowest BCUT2D eigenvalue weighted by molar-refractivity contribution is -0.120. The number of halogens is 1. The van der Waals surface area contributed by atoms with Gasteiger partial charge in [0.2, 0.25) is 0 Å². The van der Waals surface area contributed by atoms with Crippen LogP contribution in [-0.2, 0) is 10.2 Å². The summed E-state index contributed by atoms with van der Waals surface area (Å²) in [6, 6.07) is 26.8. The summed E-state index contributed by atoms with van der Waals surface area (Å²) in [5.41, 5.74) is 6.22. The molecular formula is C25H19ClO. The maximum atomic E-state index is 13.3. The molecule has 0 N–H and O–H groups in total. The zero-order valence-electron chi connectivity index (χ0n) is 14.9.